The Kier molecular flexibility index (Phi) is 9.71. The Balaban J connectivity index is 0.00000338. The van der Waals surface area contributed by atoms with Crippen molar-refractivity contribution in [3.8, 4) is 5.75 Å². The first-order valence-electron chi connectivity index (χ1n) is 8.28. The lowest BCUT2D eigenvalue weighted by molar-refractivity contribution is 0.222. The van der Waals surface area contributed by atoms with E-state index in [1.54, 1.807) is 18.4 Å². The van der Waals surface area contributed by atoms with Gasteiger partial charge in [0.15, 0.2) is 11.1 Å². The summed E-state index contributed by atoms with van der Waals surface area (Å²) in [6.07, 6.45) is 0.0271. The van der Waals surface area contributed by atoms with Gasteiger partial charge in [-0.25, -0.2) is 4.98 Å². The third-order valence-corrected chi connectivity index (χ3v) is 4.62. The van der Waals surface area contributed by atoms with Crippen LogP contribution < -0.4 is 20.3 Å². The van der Waals surface area contributed by atoms with Crippen molar-refractivity contribution in [2.75, 3.05) is 32.6 Å². The molecule has 0 aliphatic heterocycles. The fraction of sp³-hybridized carbons (Fsp3) is 0.444. The normalized spacial score (nSPS) is 12.1. The van der Waals surface area contributed by atoms with Gasteiger partial charge in [-0.2, -0.15) is 0 Å². The van der Waals surface area contributed by atoms with Gasteiger partial charge in [-0.1, -0.05) is 18.2 Å². The summed E-state index contributed by atoms with van der Waals surface area (Å²) in [6, 6.07) is 8.03. The van der Waals surface area contributed by atoms with Crippen LogP contribution in [0.1, 0.15) is 18.2 Å². The molecule has 144 valence electrons. The van der Waals surface area contributed by atoms with Gasteiger partial charge < -0.3 is 20.3 Å². The van der Waals surface area contributed by atoms with Crippen molar-refractivity contribution < 1.29 is 4.74 Å². The molecule has 0 aliphatic carbocycles. The fourth-order valence-corrected chi connectivity index (χ4v) is 2.92. The summed E-state index contributed by atoms with van der Waals surface area (Å²) in [4.78, 5) is 10.8. The second-order valence-corrected chi connectivity index (χ2v) is 6.85. The molecule has 1 atom stereocenters. The van der Waals surface area contributed by atoms with Gasteiger partial charge in [0.05, 0.1) is 18.8 Å². The van der Waals surface area contributed by atoms with E-state index < -0.39 is 0 Å². The van der Waals surface area contributed by atoms with Crippen LogP contribution in [0.3, 0.4) is 0 Å². The number of nitrogens with one attached hydrogen (secondary N) is 2. The molecular formula is C18H28IN5OS. The molecule has 2 aromatic rings. The van der Waals surface area contributed by atoms with Crippen LogP contribution in [0, 0.1) is 6.92 Å². The first kappa shape index (κ1) is 22.5. The van der Waals surface area contributed by atoms with Crippen molar-refractivity contribution in [1.29, 1.82) is 0 Å². The lowest BCUT2D eigenvalue weighted by Crippen LogP contribution is -2.41. The van der Waals surface area contributed by atoms with Gasteiger partial charge in [-0.15, -0.1) is 35.3 Å². The molecule has 0 fully saturated rings. The topological polar surface area (TPSA) is 61.8 Å². The largest absolute Gasteiger partial charge is 0.489 e. The van der Waals surface area contributed by atoms with Crippen molar-refractivity contribution in [3.63, 3.8) is 0 Å². The summed E-state index contributed by atoms with van der Waals surface area (Å²) < 4.78 is 5.97. The minimum atomic E-state index is 0. The number of thiazole rings is 1. The second kappa shape index (κ2) is 11.2. The Labute approximate surface area is 177 Å². The molecule has 1 aromatic heterocycles. The minimum Gasteiger partial charge on any atom is -0.489 e. The SMILES string of the molecule is CN=C(NCc1csc(N(C)C)n1)NCC(C)Oc1ccccc1C.I. The van der Waals surface area contributed by atoms with Crippen LogP contribution in [0.15, 0.2) is 34.6 Å². The Hall–Kier alpha value is -1.55. The molecule has 2 N–H and O–H groups in total. The Morgan fingerprint density at radius 3 is 2.65 bits per heavy atom. The zero-order valence-corrected chi connectivity index (χ0v) is 19.1. The van der Waals surface area contributed by atoms with E-state index in [1.165, 1.54) is 0 Å². The number of rotatable bonds is 7. The van der Waals surface area contributed by atoms with E-state index >= 15 is 0 Å². The highest BCUT2D eigenvalue weighted by atomic mass is 127. The predicted octanol–water partition coefficient (Wildman–Crippen LogP) is 3.27. The van der Waals surface area contributed by atoms with Crippen molar-refractivity contribution in [3.05, 3.63) is 40.9 Å². The molecule has 8 heteroatoms. The predicted molar refractivity (Wildman–Crippen MR) is 121 cm³/mol. The standard InChI is InChI=1S/C18H27N5OS.HI/c1-13-8-6-7-9-16(13)24-14(2)10-20-17(19-3)21-11-15-12-25-18(22-15)23(4)5;/h6-9,12,14H,10-11H2,1-5H3,(H2,19,20,21);1H. The van der Waals surface area contributed by atoms with Crippen LogP contribution in [0.4, 0.5) is 5.13 Å². The molecule has 0 radical (unpaired) electrons. The number of aliphatic imine (C=N–C) groups is 1. The van der Waals surface area contributed by atoms with E-state index in [9.17, 15) is 0 Å². The van der Waals surface area contributed by atoms with Crippen molar-refractivity contribution >= 4 is 46.4 Å². The molecule has 1 unspecified atom stereocenters. The highest BCUT2D eigenvalue weighted by molar-refractivity contribution is 14.0. The number of hydrogen-bond acceptors (Lipinski definition) is 5. The number of aromatic nitrogens is 1. The lowest BCUT2D eigenvalue weighted by atomic mass is 10.2. The average Bonchev–Trinajstić information content (AvgIpc) is 3.06. The molecule has 0 aliphatic rings. The molecule has 0 amide bonds. The molecule has 0 saturated heterocycles. The third-order valence-electron chi connectivity index (χ3n) is 3.56. The first-order chi connectivity index (χ1) is 12.0. The molecule has 1 aromatic carbocycles. The van der Waals surface area contributed by atoms with Crippen LogP contribution in [0.25, 0.3) is 0 Å². The number of benzene rings is 1. The number of hydrogen-bond donors (Lipinski definition) is 2. The molecular weight excluding hydrogens is 461 g/mol. The van der Waals surface area contributed by atoms with Crippen LogP contribution in [-0.4, -0.2) is 44.7 Å². The minimum absolute atomic E-state index is 0. The number of halogens is 1. The Bertz CT molecular complexity index is 704. The highest BCUT2D eigenvalue weighted by Crippen LogP contribution is 2.18. The second-order valence-electron chi connectivity index (χ2n) is 6.02. The van der Waals surface area contributed by atoms with E-state index in [-0.39, 0.29) is 30.1 Å². The van der Waals surface area contributed by atoms with Gasteiger partial charge in [-0.3, -0.25) is 4.99 Å². The summed E-state index contributed by atoms with van der Waals surface area (Å²) >= 11 is 1.63. The van der Waals surface area contributed by atoms with E-state index in [0.717, 1.165) is 28.1 Å². The average molecular weight is 489 g/mol. The number of para-hydroxylation sites is 1. The summed E-state index contributed by atoms with van der Waals surface area (Å²) in [5.74, 6) is 1.65. The highest BCUT2D eigenvalue weighted by Gasteiger charge is 2.08. The number of aryl methyl sites for hydroxylation is 1. The molecule has 0 saturated carbocycles. The Morgan fingerprint density at radius 1 is 1.31 bits per heavy atom. The molecule has 6 nitrogen and oxygen atoms in total. The van der Waals surface area contributed by atoms with Gasteiger partial charge in [0.2, 0.25) is 0 Å². The molecule has 26 heavy (non-hydrogen) atoms. The van der Waals surface area contributed by atoms with Gasteiger partial charge in [0, 0.05) is 26.5 Å². The maximum atomic E-state index is 5.97. The number of anilines is 1. The zero-order chi connectivity index (χ0) is 18.2. The smallest absolute Gasteiger partial charge is 0.191 e. The van der Waals surface area contributed by atoms with Crippen molar-refractivity contribution in [2.45, 2.75) is 26.5 Å². The van der Waals surface area contributed by atoms with Gasteiger partial charge in [0.1, 0.15) is 11.9 Å². The van der Waals surface area contributed by atoms with Crippen LogP contribution in [0.2, 0.25) is 0 Å². The molecule has 1 heterocycles. The third kappa shape index (κ3) is 6.99. The van der Waals surface area contributed by atoms with Crippen molar-refractivity contribution in [1.82, 2.24) is 15.6 Å². The lowest BCUT2D eigenvalue weighted by Gasteiger charge is -2.18. The Morgan fingerprint density at radius 2 is 2.04 bits per heavy atom. The van der Waals surface area contributed by atoms with Crippen LogP contribution in [0.5, 0.6) is 5.75 Å². The van der Waals surface area contributed by atoms with E-state index in [0.29, 0.717) is 13.1 Å². The van der Waals surface area contributed by atoms with Gasteiger partial charge >= 0.3 is 0 Å². The van der Waals surface area contributed by atoms with E-state index in [4.69, 9.17) is 4.74 Å². The quantitative estimate of drug-likeness (QED) is 0.355. The van der Waals surface area contributed by atoms with Crippen LogP contribution >= 0.6 is 35.3 Å². The van der Waals surface area contributed by atoms with Gasteiger partial charge in [0.25, 0.3) is 0 Å². The number of guanidine groups is 1. The summed E-state index contributed by atoms with van der Waals surface area (Å²) in [5, 5.41) is 9.62. The summed E-state index contributed by atoms with van der Waals surface area (Å²) in [7, 11) is 5.74. The molecule has 0 spiro atoms. The first-order valence-corrected chi connectivity index (χ1v) is 9.16. The monoisotopic (exact) mass is 489 g/mol. The van der Waals surface area contributed by atoms with Crippen molar-refractivity contribution in [2.24, 2.45) is 4.99 Å². The maximum Gasteiger partial charge on any atom is 0.191 e. The van der Waals surface area contributed by atoms with E-state index in [2.05, 4.69) is 26.0 Å². The van der Waals surface area contributed by atoms with Crippen LogP contribution in [-0.2, 0) is 6.54 Å². The summed E-state index contributed by atoms with van der Waals surface area (Å²) in [5.41, 5.74) is 2.14. The molecule has 0 bridgehead atoms. The van der Waals surface area contributed by atoms with Gasteiger partial charge in [-0.05, 0) is 25.5 Å². The number of nitrogens with zero attached hydrogens (tertiary/aromatic N) is 3. The fourth-order valence-electron chi connectivity index (χ4n) is 2.17. The van der Waals surface area contributed by atoms with E-state index in [1.807, 2.05) is 57.1 Å². The molecule has 2 rings (SSSR count). The number of ether oxygens (including phenoxy) is 1. The summed E-state index contributed by atoms with van der Waals surface area (Å²) in [6.45, 7) is 5.38. The maximum absolute atomic E-state index is 5.97. The zero-order valence-electron chi connectivity index (χ0n) is 15.9.